The molecule has 2 aliphatic rings. The number of ether oxygens (including phenoxy) is 4. The molecule has 2 heterocycles. The number of aliphatic carboxylic acids is 1. The van der Waals surface area contributed by atoms with E-state index in [2.05, 4.69) is 69.8 Å². The second kappa shape index (κ2) is 12.5. The lowest BCUT2D eigenvalue weighted by molar-refractivity contribution is -0.137. The molecular weight excluding hydrogens is 776 g/mol. The Morgan fingerprint density at radius 3 is 1.98 bits per heavy atom. The van der Waals surface area contributed by atoms with Gasteiger partial charge in [-0.2, -0.15) is 0 Å². The van der Waals surface area contributed by atoms with Crippen LogP contribution in [0.3, 0.4) is 0 Å². The molecule has 6 nitrogen and oxygen atoms in total. The Hall–Kier alpha value is -2.53. The summed E-state index contributed by atoms with van der Waals surface area (Å²) in [5, 5.41) is 9.67. The van der Waals surface area contributed by atoms with Gasteiger partial charge in [0.1, 0.15) is 40.4 Å². The highest BCUT2D eigenvalue weighted by atomic mass is 79.9. The van der Waals surface area contributed by atoms with Crippen LogP contribution in [-0.4, -0.2) is 25.3 Å². The molecule has 0 spiro atoms. The van der Waals surface area contributed by atoms with Crippen LogP contribution in [0.4, 0.5) is 0 Å². The highest BCUT2D eigenvalue weighted by molar-refractivity contribution is 9.11. The number of carboxylic acid groups (broad SMARTS) is 1. The molecule has 4 aromatic carbocycles. The molecule has 1 atom stereocenters. The quantitative estimate of drug-likeness (QED) is 0.196. The van der Waals surface area contributed by atoms with Gasteiger partial charge in [0, 0.05) is 41.0 Å². The predicted octanol–water partition coefficient (Wildman–Crippen LogP) is 10.1. The molecule has 2 aliphatic heterocycles. The van der Waals surface area contributed by atoms with E-state index in [-0.39, 0.29) is 7.43 Å². The largest absolute Gasteiger partial charge is 0.496 e. The first-order valence-corrected chi connectivity index (χ1v) is 14.8. The fourth-order valence-corrected chi connectivity index (χ4v) is 6.22. The molecule has 0 radical (unpaired) electrons. The minimum atomic E-state index is -0.945. The van der Waals surface area contributed by atoms with E-state index in [1.54, 1.807) is 31.4 Å². The van der Waals surface area contributed by atoms with Crippen molar-refractivity contribution >= 4 is 69.7 Å². The van der Waals surface area contributed by atoms with Crippen molar-refractivity contribution in [1.29, 1.82) is 0 Å². The summed E-state index contributed by atoms with van der Waals surface area (Å²) in [4.78, 5) is 11.8. The summed E-state index contributed by atoms with van der Waals surface area (Å²) in [5.41, 5.74) is 3.38. The van der Waals surface area contributed by atoms with Crippen molar-refractivity contribution in [2.24, 2.45) is 0 Å². The molecule has 4 aromatic rings. The first-order valence-electron chi connectivity index (χ1n) is 11.6. The zero-order chi connectivity index (χ0) is 27.8. The molecule has 208 valence electrons. The van der Waals surface area contributed by atoms with Gasteiger partial charge in [0.05, 0.1) is 19.8 Å². The normalized spacial score (nSPS) is 13.8. The van der Waals surface area contributed by atoms with Crippen LogP contribution in [-0.2, 0) is 11.2 Å². The summed E-state index contributed by atoms with van der Waals surface area (Å²) in [7, 11) is 3.19. The fourth-order valence-electron chi connectivity index (χ4n) is 4.61. The Morgan fingerprint density at radius 1 is 0.750 bits per heavy atom. The number of hydrogen-bond donors (Lipinski definition) is 1. The summed E-state index contributed by atoms with van der Waals surface area (Å²) in [6.45, 7) is 0. The Morgan fingerprint density at radius 2 is 1.32 bits per heavy atom. The average Bonchev–Trinajstić information content (AvgIpc) is 2.90. The second-order valence-electron chi connectivity index (χ2n) is 8.69. The smallest absolute Gasteiger partial charge is 0.315 e. The van der Waals surface area contributed by atoms with Gasteiger partial charge in [0.15, 0.2) is 0 Å². The summed E-state index contributed by atoms with van der Waals surface area (Å²) in [6.07, 6.45) is 0.820. The lowest BCUT2D eigenvalue weighted by Gasteiger charge is -2.27. The van der Waals surface area contributed by atoms with Crippen molar-refractivity contribution < 1.29 is 28.8 Å². The lowest BCUT2D eigenvalue weighted by Crippen LogP contribution is -2.19. The van der Waals surface area contributed by atoms with Crippen LogP contribution >= 0.6 is 63.7 Å². The minimum absolute atomic E-state index is 0. The van der Waals surface area contributed by atoms with E-state index in [0.717, 1.165) is 52.7 Å². The molecule has 1 unspecified atom stereocenters. The van der Waals surface area contributed by atoms with Gasteiger partial charge in [-0.1, -0.05) is 71.1 Å². The fraction of sp³-hybridized carbons (Fsp3) is 0.167. The summed E-state index contributed by atoms with van der Waals surface area (Å²) < 4.78 is 26.1. The van der Waals surface area contributed by atoms with Crippen molar-refractivity contribution in [1.82, 2.24) is 0 Å². The van der Waals surface area contributed by atoms with Crippen molar-refractivity contribution in [2.75, 3.05) is 14.2 Å². The molecule has 0 aliphatic carbocycles. The molecule has 0 saturated heterocycles. The first kappa shape index (κ1) is 30.4. The first-order chi connectivity index (χ1) is 18.7. The zero-order valence-electron chi connectivity index (χ0n) is 20.6. The summed E-state index contributed by atoms with van der Waals surface area (Å²) in [5.74, 6) is 2.36. The van der Waals surface area contributed by atoms with Crippen LogP contribution in [0, 0.1) is 0 Å². The van der Waals surface area contributed by atoms with E-state index in [0.29, 0.717) is 28.4 Å². The number of fused-ring (bicyclic) bond motifs is 4. The number of benzene rings is 4. The van der Waals surface area contributed by atoms with Crippen molar-refractivity contribution in [3.8, 4) is 34.5 Å². The highest BCUT2D eigenvalue weighted by Crippen LogP contribution is 2.50. The van der Waals surface area contributed by atoms with Crippen LogP contribution in [0.25, 0.3) is 0 Å². The molecule has 1 N–H and O–H groups in total. The van der Waals surface area contributed by atoms with E-state index >= 15 is 0 Å². The van der Waals surface area contributed by atoms with E-state index in [4.69, 9.17) is 18.9 Å². The van der Waals surface area contributed by atoms with Gasteiger partial charge >= 0.3 is 5.97 Å². The van der Waals surface area contributed by atoms with Crippen molar-refractivity contribution in [3.63, 3.8) is 0 Å². The molecular formula is C30H24Br4O6. The van der Waals surface area contributed by atoms with Gasteiger partial charge in [-0.25, -0.2) is 0 Å². The number of carboxylic acids is 1. The predicted molar refractivity (Wildman–Crippen MR) is 169 cm³/mol. The summed E-state index contributed by atoms with van der Waals surface area (Å²) in [6, 6.07) is 18.8. The Balaban J connectivity index is 0.000000182. The monoisotopic (exact) mass is 796 g/mol. The van der Waals surface area contributed by atoms with Crippen LogP contribution in [0.5, 0.6) is 34.5 Å². The summed E-state index contributed by atoms with van der Waals surface area (Å²) >= 11 is 13.7. The molecule has 0 amide bonds. The van der Waals surface area contributed by atoms with Gasteiger partial charge in [-0.15, -0.1) is 0 Å². The third-order valence-corrected chi connectivity index (χ3v) is 8.19. The number of rotatable bonds is 3. The van der Waals surface area contributed by atoms with Crippen LogP contribution in [0.1, 0.15) is 35.6 Å². The highest BCUT2D eigenvalue weighted by Gasteiger charge is 2.36. The SMILES string of the molecule is C.COc1cc(Br)cc2c1C(C(=O)O)c1cc(Br)ccc1O2.COc1cc(Br)cc2c1Cc1cc(Br)ccc1O2. The van der Waals surface area contributed by atoms with E-state index in [9.17, 15) is 9.90 Å². The number of halogens is 4. The maximum atomic E-state index is 11.8. The van der Waals surface area contributed by atoms with Gasteiger partial charge < -0.3 is 24.1 Å². The lowest BCUT2D eigenvalue weighted by atomic mass is 9.87. The van der Waals surface area contributed by atoms with Gasteiger partial charge in [0.25, 0.3) is 0 Å². The third kappa shape index (κ3) is 6.05. The maximum absolute atomic E-state index is 11.8. The number of hydrogen-bond acceptors (Lipinski definition) is 5. The van der Waals surface area contributed by atoms with Crippen LogP contribution < -0.4 is 18.9 Å². The number of methoxy groups -OCH3 is 2. The topological polar surface area (TPSA) is 74.2 Å². The van der Waals surface area contributed by atoms with E-state index in [1.165, 1.54) is 7.11 Å². The Kier molecular flexibility index (Phi) is 9.55. The minimum Gasteiger partial charge on any atom is -0.496 e. The van der Waals surface area contributed by atoms with Crippen LogP contribution in [0.15, 0.2) is 78.6 Å². The zero-order valence-corrected chi connectivity index (χ0v) is 26.9. The van der Waals surface area contributed by atoms with Gasteiger partial charge in [-0.05, 0) is 60.7 Å². The van der Waals surface area contributed by atoms with E-state index < -0.39 is 11.9 Å². The van der Waals surface area contributed by atoms with Crippen molar-refractivity contribution in [3.05, 3.63) is 101 Å². The Bertz CT molecular complexity index is 1600. The molecule has 0 fully saturated rings. The molecule has 0 aromatic heterocycles. The maximum Gasteiger partial charge on any atom is 0.315 e. The van der Waals surface area contributed by atoms with Crippen molar-refractivity contribution in [2.45, 2.75) is 19.8 Å². The molecule has 40 heavy (non-hydrogen) atoms. The molecule has 0 bridgehead atoms. The molecule has 10 heteroatoms. The van der Waals surface area contributed by atoms with Gasteiger partial charge in [0.2, 0.25) is 0 Å². The van der Waals surface area contributed by atoms with Crippen LogP contribution in [0.2, 0.25) is 0 Å². The Labute approximate surface area is 266 Å². The van der Waals surface area contributed by atoms with Gasteiger partial charge in [-0.3, -0.25) is 4.79 Å². The number of carbonyl (C=O) groups is 1. The average molecular weight is 800 g/mol. The molecule has 0 saturated carbocycles. The molecule has 6 rings (SSSR count). The standard InChI is InChI=1S/C15H10Br2O4.C14H10Br2O2.CH4/c1-20-11-5-8(17)6-12-14(11)13(15(18)19)9-4-7(16)2-3-10(9)21-12;1-17-13-6-10(16)7-14-11(13)5-8-4-9(15)2-3-12(8)18-14;/h2-6,13H,1H3,(H,18,19);2-4,6-7H,5H2,1H3;1H4. The third-order valence-electron chi connectivity index (χ3n) is 6.29. The van der Waals surface area contributed by atoms with E-state index in [1.807, 2.05) is 30.3 Å². The second-order valence-corrected chi connectivity index (χ2v) is 12.4.